The molecule has 3 aromatic rings. The number of anilines is 3. The molecule has 0 atom stereocenters. The number of hydrogen-bond acceptors (Lipinski definition) is 8. The number of hydrogen-bond donors (Lipinski definition) is 1. The van der Waals surface area contributed by atoms with Crippen molar-refractivity contribution in [2.75, 3.05) is 16.8 Å². The molecule has 1 amide bonds. The molecule has 0 radical (unpaired) electrons. The number of benzene rings is 1. The number of amides is 1. The highest BCUT2D eigenvalue weighted by atomic mass is 32.2. The van der Waals surface area contributed by atoms with Crippen LogP contribution in [0.2, 0.25) is 0 Å². The monoisotopic (exact) mass is 419 g/mol. The summed E-state index contributed by atoms with van der Waals surface area (Å²) in [4.78, 5) is 18.6. The predicted molar refractivity (Wildman–Crippen MR) is 114 cm³/mol. The van der Waals surface area contributed by atoms with E-state index in [2.05, 4.69) is 27.4 Å². The van der Waals surface area contributed by atoms with Crippen LogP contribution in [0.5, 0.6) is 0 Å². The second-order valence-corrected chi connectivity index (χ2v) is 8.97. The summed E-state index contributed by atoms with van der Waals surface area (Å²) in [5.74, 6) is 0.641. The van der Waals surface area contributed by atoms with Crippen LogP contribution in [0.1, 0.15) is 30.7 Å². The van der Waals surface area contributed by atoms with Crippen molar-refractivity contribution in [2.24, 2.45) is 0 Å². The quantitative estimate of drug-likeness (QED) is 0.542. The summed E-state index contributed by atoms with van der Waals surface area (Å²) in [6, 6.07) is 6.02. The van der Waals surface area contributed by atoms with Crippen molar-refractivity contribution < 1.29 is 4.79 Å². The van der Waals surface area contributed by atoms with Gasteiger partial charge in [0.05, 0.1) is 11.4 Å². The Morgan fingerprint density at radius 2 is 2.07 bits per heavy atom. The molecule has 27 heavy (non-hydrogen) atoms. The van der Waals surface area contributed by atoms with Crippen molar-refractivity contribution in [1.29, 1.82) is 0 Å². The highest BCUT2D eigenvalue weighted by Gasteiger charge is 2.18. The Morgan fingerprint density at radius 1 is 1.26 bits per heavy atom. The first-order valence-electron chi connectivity index (χ1n) is 8.50. The third-order valence-corrected chi connectivity index (χ3v) is 6.79. The maximum absolute atomic E-state index is 12.3. The Morgan fingerprint density at radius 3 is 2.78 bits per heavy atom. The zero-order valence-electron chi connectivity index (χ0n) is 15.6. The van der Waals surface area contributed by atoms with Crippen molar-refractivity contribution in [2.45, 2.75) is 37.8 Å². The lowest BCUT2D eigenvalue weighted by atomic mass is 10.1. The Hall–Kier alpha value is -1.97. The van der Waals surface area contributed by atoms with Gasteiger partial charge < -0.3 is 5.32 Å². The molecule has 0 aliphatic carbocycles. The molecule has 142 valence electrons. The maximum Gasteiger partial charge on any atom is 0.230 e. The van der Waals surface area contributed by atoms with Gasteiger partial charge in [0.1, 0.15) is 0 Å². The molecule has 9 heteroatoms. The molecular weight excluding hydrogens is 398 g/mol. The van der Waals surface area contributed by atoms with E-state index < -0.39 is 0 Å². The fourth-order valence-electron chi connectivity index (χ4n) is 2.38. The van der Waals surface area contributed by atoms with Gasteiger partial charge in [0, 0.05) is 24.6 Å². The first-order chi connectivity index (χ1) is 13.0. The number of thiazole rings is 1. The van der Waals surface area contributed by atoms with Gasteiger partial charge in [-0.25, -0.2) is 4.98 Å². The lowest BCUT2D eigenvalue weighted by molar-refractivity contribution is -0.115. The minimum absolute atomic E-state index is 0.0498. The molecule has 2 aromatic heterocycles. The number of nitrogens with zero attached hydrogens (tertiary/aromatic N) is 4. The smallest absolute Gasteiger partial charge is 0.230 e. The molecule has 0 bridgehead atoms. The minimum atomic E-state index is -0.0498. The number of aromatic nitrogens is 3. The SMILES string of the molecule is CCNc1nnc(SCc2csc(N(C(C)=O)c3ccc(C)c(C)c3)n2)s1. The zero-order chi connectivity index (χ0) is 19.4. The van der Waals surface area contributed by atoms with Gasteiger partial charge in [0.2, 0.25) is 11.0 Å². The van der Waals surface area contributed by atoms with E-state index in [-0.39, 0.29) is 5.91 Å². The lowest BCUT2D eigenvalue weighted by Gasteiger charge is -2.19. The number of aryl methyl sites for hydroxylation is 2. The Labute approximate surface area is 171 Å². The number of rotatable bonds is 7. The molecule has 1 aromatic carbocycles. The van der Waals surface area contributed by atoms with E-state index in [0.717, 1.165) is 33.0 Å². The van der Waals surface area contributed by atoms with Crippen molar-refractivity contribution in [3.8, 4) is 0 Å². The Bertz CT molecular complexity index is 937. The molecule has 0 unspecified atom stereocenters. The lowest BCUT2D eigenvalue weighted by Crippen LogP contribution is -2.22. The number of thioether (sulfide) groups is 1. The summed E-state index contributed by atoms with van der Waals surface area (Å²) in [6.45, 7) is 8.53. The summed E-state index contributed by atoms with van der Waals surface area (Å²) >= 11 is 4.61. The largest absolute Gasteiger partial charge is 0.360 e. The molecular formula is C18H21N5OS3. The Kier molecular flexibility index (Phi) is 6.46. The van der Waals surface area contributed by atoms with Crippen molar-refractivity contribution in [3.05, 3.63) is 40.4 Å². The van der Waals surface area contributed by atoms with Gasteiger partial charge in [-0.1, -0.05) is 29.2 Å². The van der Waals surface area contributed by atoms with Gasteiger partial charge in [0.15, 0.2) is 9.47 Å². The standard InChI is InChI=1S/C18H21N5OS3/c1-5-19-16-21-22-18(27-16)26-10-14-9-25-17(20-14)23(13(4)24)15-7-6-11(2)12(3)8-15/h6-9H,5,10H2,1-4H3,(H,19,21). The average molecular weight is 420 g/mol. The maximum atomic E-state index is 12.3. The van der Waals surface area contributed by atoms with E-state index in [4.69, 9.17) is 0 Å². The third-order valence-electron chi connectivity index (χ3n) is 3.87. The molecule has 0 fully saturated rings. The van der Waals surface area contributed by atoms with Crippen molar-refractivity contribution in [1.82, 2.24) is 15.2 Å². The summed E-state index contributed by atoms with van der Waals surface area (Å²) in [6.07, 6.45) is 0. The van der Waals surface area contributed by atoms with E-state index >= 15 is 0 Å². The number of carbonyl (C=O) groups is 1. The minimum Gasteiger partial charge on any atom is -0.360 e. The summed E-state index contributed by atoms with van der Waals surface area (Å²) < 4.78 is 0.901. The average Bonchev–Trinajstić information content (AvgIpc) is 3.26. The van der Waals surface area contributed by atoms with Gasteiger partial charge in [-0.3, -0.25) is 9.69 Å². The van der Waals surface area contributed by atoms with E-state index in [1.54, 1.807) is 23.6 Å². The van der Waals surface area contributed by atoms with Crippen LogP contribution in [0.25, 0.3) is 0 Å². The summed E-state index contributed by atoms with van der Waals surface area (Å²) in [5.41, 5.74) is 4.13. The topological polar surface area (TPSA) is 71.0 Å². The van der Waals surface area contributed by atoms with E-state index in [1.807, 2.05) is 37.4 Å². The first kappa shape index (κ1) is 19.8. The van der Waals surface area contributed by atoms with Crippen LogP contribution in [0.15, 0.2) is 27.9 Å². The summed E-state index contributed by atoms with van der Waals surface area (Å²) in [7, 11) is 0. The van der Waals surface area contributed by atoms with Crippen LogP contribution >= 0.6 is 34.4 Å². The van der Waals surface area contributed by atoms with Crippen LogP contribution in [0, 0.1) is 13.8 Å². The molecule has 0 aliphatic heterocycles. The molecule has 3 rings (SSSR count). The van der Waals surface area contributed by atoms with Crippen LogP contribution < -0.4 is 10.2 Å². The molecule has 1 N–H and O–H groups in total. The Balaban J connectivity index is 1.73. The van der Waals surface area contributed by atoms with Crippen molar-refractivity contribution in [3.63, 3.8) is 0 Å². The predicted octanol–water partition coefficient (Wildman–Crippen LogP) is 5.02. The molecule has 0 aliphatic rings. The van der Waals surface area contributed by atoms with Crippen LogP contribution in [0.4, 0.5) is 16.0 Å². The summed E-state index contributed by atoms with van der Waals surface area (Å²) in [5, 5.41) is 14.9. The van der Waals surface area contributed by atoms with Crippen molar-refractivity contribution >= 4 is 56.3 Å². The highest BCUT2D eigenvalue weighted by molar-refractivity contribution is 8.00. The molecule has 0 spiro atoms. The van der Waals surface area contributed by atoms with Crippen LogP contribution in [0.3, 0.4) is 0 Å². The normalized spacial score (nSPS) is 10.8. The molecule has 2 heterocycles. The number of nitrogens with one attached hydrogen (secondary N) is 1. The first-order valence-corrected chi connectivity index (χ1v) is 11.2. The van der Waals surface area contributed by atoms with Gasteiger partial charge >= 0.3 is 0 Å². The third kappa shape index (κ3) is 4.85. The molecule has 6 nitrogen and oxygen atoms in total. The fraction of sp³-hybridized carbons (Fsp3) is 0.333. The van der Waals surface area contributed by atoms with E-state index in [1.165, 1.54) is 28.2 Å². The second-order valence-electron chi connectivity index (χ2n) is 5.94. The molecule has 0 saturated heterocycles. The fourth-order valence-corrected chi connectivity index (χ4v) is 5.09. The van der Waals surface area contributed by atoms with E-state index in [9.17, 15) is 4.79 Å². The highest BCUT2D eigenvalue weighted by Crippen LogP contribution is 2.33. The van der Waals surface area contributed by atoms with Gasteiger partial charge in [-0.2, -0.15) is 0 Å². The van der Waals surface area contributed by atoms with Crippen LogP contribution in [-0.2, 0) is 10.5 Å². The van der Waals surface area contributed by atoms with E-state index in [0.29, 0.717) is 10.9 Å². The van der Waals surface area contributed by atoms with Crippen LogP contribution in [-0.4, -0.2) is 27.6 Å². The number of carbonyl (C=O) groups excluding carboxylic acids is 1. The van der Waals surface area contributed by atoms with Gasteiger partial charge in [0.25, 0.3) is 0 Å². The molecule has 0 saturated carbocycles. The van der Waals surface area contributed by atoms with Gasteiger partial charge in [-0.15, -0.1) is 21.5 Å². The second kappa shape index (κ2) is 8.81. The zero-order valence-corrected chi connectivity index (χ0v) is 18.1. The van der Waals surface area contributed by atoms with Gasteiger partial charge in [-0.05, 0) is 44.0 Å².